The van der Waals surface area contributed by atoms with Gasteiger partial charge in [0, 0.05) is 37.7 Å². The molecule has 6 heteroatoms. The number of carbonyl (C=O) groups is 1. The number of carbonyl (C=O) groups excluding carboxylic acids is 1. The van der Waals surface area contributed by atoms with Crippen LogP contribution in [0.15, 0.2) is 30.3 Å². The van der Waals surface area contributed by atoms with Gasteiger partial charge in [-0.2, -0.15) is 5.10 Å². The Morgan fingerprint density at radius 2 is 2.21 bits per heavy atom. The minimum atomic E-state index is -0.534. The third-order valence-electron chi connectivity index (χ3n) is 4.17. The van der Waals surface area contributed by atoms with Crippen molar-refractivity contribution in [2.45, 2.75) is 32.5 Å². The maximum Gasteiger partial charge on any atom is 0.260 e. The summed E-state index contributed by atoms with van der Waals surface area (Å²) < 4.78 is 13.1. The van der Waals surface area contributed by atoms with Crippen LogP contribution < -0.4 is 10.1 Å². The predicted molar refractivity (Wildman–Crippen MR) is 89.8 cm³/mol. The van der Waals surface area contributed by atoms with E-state index in [-0.39, 0.29) is 5.91 Å². The van der Waals surface area contributed by atoms with Gasteiger partial charge in [-0.05, 0) is 19.1 Å². The molecular formula is C18H23N3O3. The summed E-state index contributed by atoms with van der Waals surface area (Å²) in [6.07, 6.45) is 1.05. The highest BCUT2D eigenvalue weighted by Gasteiger charge is 2.20. The third-order valence-corrected chi connectivity index (χ3v) is 4.17. The molecule has 1 aromatic carbocycles. The maximum atomic E-state index is 12.1. The van der Waals surface area contributed by atoms with Crippen LogP contribution in [0.25, 0.3) is 0 Å². The van der Waals surface area contributed by atoms with E-state index < -0.39 is 6.10 Å². The molecule has 24 heavy (non-hydrogen) atoms. The van der Waals surface area contributed by atoms with E-state index in [0.29, 0.717) is 25.3 Å². The average molecular weight is 329 g/mol. The Labute approximate surface area is 141 Å². The van der Waals surface area contributed by atoms with Crippen molar-refractivity contribution in [3.63, 3.8) is 0 Å². The van der Waals surface area contributed by atoms with Crippen molar-refractivity contribution in [1.82, 2.24) is 15.1 Å². The van der Waals surface area contributed by atoms with Gasteiger partial charge >= 0.3 is 0 Å². The molecule has 1 amide bonds. The molecule has 0 bridgehead atoms. The maximum absolute atomic E-state index is 12.1. The number of aryl methyl sites for hydroxylation is 1. The molecule has 1 aliphatic heterocycles. The highest BCUT2D eigenvalue weighted by Crippen LogP contribution is 2.20. The number of amides is 1. The highest BCUT2D eigenvalue weighted by molar-refractivity contribution is 5.80. The lowest BCUT2D eigenvalue weighted by Gasteiger charge is -2.15. The van der Waals surface area contributed by atoms with Crippen LogP contribution in [-0.4, -0.2) is 34.9 Å². The fourth-order valence-corrected chi connectivity index (χ4v) is 2.89. The molecule has 0 aliphatic carbocycles. The number of hydrogen-bond donors (Lipinski definition) is 1. The first-order chi connectivity index (χ1) is 11.6. The minimum Gasteiger partial charge on any atom is -0.481 e. The first-order valence-electron chi connectivity index (χ1n) is 8.26. The lowest BCUT2D eigenvalue weighted by molar-refractivity contribution is -0.127. The normalized spacial score (nSPS) is 14.8. The van der Waals surface area contributed by atoms with Crippen LogP contribution in [0.4, 0.5) is 0 Å². The van der Waals surface area contributed by atoms with Gasteiger partial charge < -0.3 is 14.8 Å². The molecule has 0 saturated carbocycles. The van der Waals surface area contributed by atoms with E-state index in [1.807, 2.05) is 42.1 Å². The van der Waals surface area contributed by atoms with Crippen molar-refractivity contribution in [1.29, 1.82) is 0 Å². The fraction of sp³-hybridized carbons (Fsp3) is 0.444. The molecule has 1 aromatic heterocycles. The molecule has 2 heterocycles. The summed E-state index contributed by atoms with van der Waals surface area (Å²) in [5.74, 6) is 0.566. The summed E-state index contributed by atoms with van der Waals surface area (Å²) in [5, 5.41) is 7.47. The summed E-state index contributed by atoms with van der Waals surface area (Å²) in [7, 11) is 1.96. The van der Waals surface area contributed by atoms with Crippen LogP contribution >= 0.6 is 0 Å². The van der Waals surface area contributed by atoms with Crippen molar-refractivity contribution in [3.05, 3.63) is 47.3 Å². The topological polar surface area (TPSA) is 65.4 Å². The molecule has 1 N–H and O–H groups in total. The van der Waals surface area contributed by atoms with Gasteiger partial charge in [-0.1, -0.05) is 18.2 Å². The van der Waals surface area contributed by atoms with Gasteiger partial charge in [-0.25, -0.2) is 0 Å². The van der Waals surface area contributed by atoms with Crippen LogP contribution in [-0.2, 0) is 36.0 Å². The Balaban J connectivity index is 1.50. The lowest BCUT2D eigenvalue weighted by Crippen LogP contribution is -2.37. The number of rotatable bonds is 6. The number of para-hydroxylation sites is 1. The van der Waals surface area contributed by atoms with E-state index in [9.17, 15) is 4.79 Å². The van der Waals surface area contributed by atoms with Crippen molar-refractivity contribution in [3.8, 4) is 5.75 Å². The number of aromatic nitrogens is 2. The fourth-order valence-electron chi connectivity index (χ4n) is 2.89. The van der Waals surface area contributed by atoms with Crippen LogP contribution in [0.3, 0.4) is 0 Å². The van der Waals surface area contributed by atoms with E-state index in [2.05, 4.69) is 10.4 Å². The molecule has 128 valence electrons. The van der Waals surface area contributed by atoms with Crippen molar-refractivity contribution in [2.24, 2.45) is 7.05 Å². The summed E-state index contributed by atoms with van der Waals surface area (Å²) >= 11 is 0. The molecule has 2 aromatic rings. The van der Waals surface area contributed by atoms with Crippen molar-refractivity contribution in [2.75, 3.05) is 13.2 Å². The van der Waals surface area contributed by atoms with Gasteiger partial charge in [-0.15, -0.1) is 0 Å². The second-order valence-electron chi connectivity index (χ2n) is 5.91. The zero-order chi connectivity index (χ0) is 16.9. The van der Waals surface area contributed by atoms with Gasteiger partial charge in [0.2, 0.25) is 0 Å². The monoisotopic (exact) mass is 329 g/mol. The smallest absolute Gasteiger partial charge is 0.260 e. The summed E-state index contributed by atoms with van der Waals surface area (Å²) in [6, 6.07) is 9.35. The second kappa shape index (κ2) is 7.49. The Morgan fingerprint density at radius 3 is 3.00 bits per heavy atom. The third kappa shape index (κ3) is 3.76. The SMILES string of the molecule is CC(Oc1ccccc1)C(=O)NCCc1nn(C)c2c1COCC2. The van der Waals surface area contributed by atoms with Gasteiger partial charge in [0.25, 0.3) is 5.91 Å². The van der Waals surface area contributed by atoms with Crippen LogP contribution in [0.5, 0.6) is 5.75 Å². The molecule has 0 spiro atoms. The van der Waals surface area contributed by atoms with E-state index in [1.54, 1.807) is 6.92 Å². The van der Waals surface area contributed by atoms with Crippen LogP contribution in [0, 0.1) is 0 Å². The van der Waals surface area contributed by atoms with Crippen LogP contribution in [0.2, 0.25) is 0 Å². The second-order valence-corrected chi connectivity index (χ2v) is 5.91. The van der Waals surface area contributed by atoms with Crippen molar-refractivity contribution < 1.29 is 14.3 Å². The standard InChI is InChI=1S/C18H23N3O3/c1-13(24-14-6-4-3-5-7-14)18(22)19-10-8-16-15-12-23-11-9-17(15)21(2)20-16/h3-7,13H,8-12H2,1-2H3,(H,19,22). The Morgan fingerprint density at radius 1 is 1.42 bits per heavy atom. The van der Waals surface area contributed by atoms with Gasteiger partial charge in [-0.3, -0.25) is 9.48 Å². The van der Waals surface area contributed by atoms with Gasteiger partial charge in [0.15, 0.2) is 6.10 Å². The molecule has 1 atom stereocenters. The summed E-state index contributed by atoms with van der Waals surface area (Å²) in [6.45, 7) is 3.64. The number of hydrogen-bond acceptors (Lipinski definition) is 4. The average Bonchev–Trinajstić information content (AvgIpc) is 2.92. The molecule has 3 rings (SSSR count). The van der Waals surface area contributed by atoms with E-state index in [4.69, 9.17) is 9.47 Å². The Kier molecular flexibility index (Phi) is 5.15. The molecule has 0 fully saturated rings. The van der Waals surface area contributed by atoms with Crippen molar-refractivity contribution >= 4 is 5.91 Å². The first-order valence-corrected chi connectivity index (χ1v) is 8.26. The largest absolute Gasteiger partial charge is 0.481 e. The van der Waals surface area contributed by atoms with E-state index in [1.165, 1.54) is 11.3 Å². The molecular weight excluding hydrogens is 306 g/mol. The summed E-state index contributed by atoms with van der Waals surface area (Å²) in [5.41, 5.74) is 3.42. The molecule has 6 nitrogen and oxygen atoms in total. The number of fused-ring (bicyclic) bond motifs is 1. The first kappa shape index (κ1) is 16.5. The number of nitrogens with one attached hydrogen (secondary N) is 1. The van der Waals surface area contributed by atoms with Gasteiger partial charge in [0.05, 0.1) is 18.9 Å². The molecule has 1 aliphatic rings. The number of ether oxygens (including phenoxy) is 2. The Bertz CT molecular complexity index is 697. The zero-order valence-corrected chi connectivity index (χ0v) is 14.1. The molecule has 0 saturated heterocycles. The predicted octanol–water partition coefficient (Wildman–Crippen LogP) is 1.62. The summed E-state index contributed by atoms with van der Waals surface area (Å²) in [4.78, 5) is 12.1. The number of nitrogens with zero attached hydrogens (tertiary/aromatic N) is 2. The minimum absolute atomic E-state index is 0.125. The highest BCUT2D eigenvalue weighted by atomic mass is 16.5. The molecule has 0 radical (unpaired) electrons. The van der Waals surface area contributed by atoms with Gasteiger partial charge in [0.1, 0.15) is 5.75 Å². The van der Waals surface area contributed by atoms with Crippen LogP contribution in [0.1, 0.15) is 23.9 Å². The lowest BCUT2D eigenvalue weighted by atomic mass is 10.1. The molecule has 1 unspecified atom stereocenters. The Hall–Kier alpha value is -2.34. The zero-order valence-electron chi connectivity index (χ0n) is 14.1. The quantitative estimate of drug-likeness (QED) is 0.875. The number of benzene rings is 1. The van der Waals surface area contributed by atoms with E-state index >= 15 is 0 Å². The van der Waals surface area contributed by atoms with E-state index in [0.717, 1.165) is 18.7 Å².